The van der Waals surface area contributed by atoms with Crippen molar-refractivity contribution in [2.24, 2.45) is 4.40 Å². The molecular weight excluding hydrogens is 320 g/mol. The average molecular weight is 333 g/mol. The molecule has 0 N–H and O–H groups in total. The van der Waals surface area contributed by atoms with E-state index in [4.69, 9.17) is 11.6 Å². The van der Waals surface area contributed by atoms with Gasteiger partial charge in [0.25, 0.3) is 10.0 Å². The molecule has 0 aliphatic carbocycles. The van der Waals surface area contributed by atoms with Gasteiger partial charge in [0.05, 0.1) is 10.1 Å². The van der Waals surface area contributed by atoms with E-state index >= 15 is 0 Å². The first kappa shape index (κ1) is 15.3. The lowest BCUT2D eigenvalue weighted by Crippen LogP contribution is -2.31. The van der Waals surface area contributed by atoms with Gasteiger partial charge in [-0.15, -0.1) is 4.40 Å². The minimum atomic E-state index is -3.84. The number of sulfonamides is 1. The van der Waals surface area contributed by atoms with E-state index < -0.39 is 10.0 Å². The van der Waals surface area contributed by atoms with Gasteiger partial charge in [-0.1, -0.05) is 23.4 Å². The highest BCUT2D eigenvalue weighted by molar-refractivity contribution is 8.16. The van der Waals surface area contributed by atoms with Gasteiger partial charge in [0.2, 0.25) is 5.91 Å². The second-order valence-corrected chi connectivity index (χ2v) is 7.49. The average Bonchev–Trinajstić information content (AvgIpc) is 2.64. The highest BCUT2D eigenvalue weighted by Gasteiger charge is 2.35. The molecule has 1 aliphatic heterocycles. The number of carbonyl (C=O) groups excluding carboxylic acids is 1. The Hall–Kier alpha value is -1.05. The van der Waals surface area contributed by atoms with Crippen molar-refractivity contribution in [2.45, 2.75) is 24.0 Å². The lowest BCUT2D eigenvalue weighted by Gasteiger charge is -2.12. The first-order valence-corrected chi connectivity index (χ1v) is 8.63. The van der Waals surface area contributed by atoms with Crippen molar-refractivity contribution in [3.8, 4) is 0 Å². The molecule has 0 unspecified atom stereocenters. The van der Waals surface area contributed by atoms with E-state index in [0.717, 1.165) is 11.8 Å². The number of halogens is 1. The summed E-state index contributed by atoms with van der Waals surface area (Å²) in [5, 5.41) is 0.361. The molecule has 108 valence electrons. The number of amides is 1. The van der Waals surface area contributed by atoms with Crippen molar-refractivity contribution in [3.63, 3.8) is 0 Å². The Morgan fingerprint density at radius 2 is 1.95 bits per heavy atom. The molecule has 2 rings (SSSR count). The topological polar surface area (TPSA) is 66.8 Å². The third kappa shape index (κ3) is 2.99. The number of rotatable bonds is 3. The van der Waals surface area contributed by atoms with Crippen LogP contribution in [0.2, 0.25) is 5.02 Å². The van der Waals surface area contributed by atoms with Crippen LogP contribution in [0.5, 0.6) is 0 Å². The molecule has 1 atom stereocenters. The number of benzene rings is 1. The highest BCUT2D eigenvalue weighted by atomic mass is 35.5. The van der Waals surface area contributed by atoms with Gasteiger partial charge < -0.3 is 0 Å². The van der Waals surface area contributed by atoms with Gasteiger partial charge in [0.1, 0.15) is 0 Å². The van der Waals surface area contributed by atoms with E-state index in [0.29, 0.717) is 11.6 Å². The zero-order chi connectivity index (χ0) is 14.9. The Bertz CT molecular complexity index is 656. The predicted molar refractivity (Wildman–Crippen MR) is 80.5 cm³/mol. The summed E-state index contributed by atoms with van der Waals surface area (Å²) in [5.41, 5.74) is 0. The Morgan fingerprint density at radius 3 is 2.50 bits per heavy atom. The molecule has 20 heavy (non-hydrogen) atoms. The maximum atomic E-state index is 12.2. The minimum absolute atomic E-state index is 0.0538. The Morgan fingerprint density at radius 1 is 1.35 bits per heavy atom. The molecule has 5 nitrogen and oxygen atoms in total. The fraction of sp³-hybridized carbons (Fsp3) is 0.333. The smallest absolute Gasteiger partial charge is 0.284 e. The van der Waals surface area contributed by atoms with Gasteiger partial charge in [0, 0.05) is 11.6 Å². The maximum Gasteiger partial charge on any atom is 0.284 e. The van der Waals surface area contributed by atoms with Gasteiger partial charge in [0.15, 0.2) is 5.17 Å². The molecule has 0 spiro atoms. The van der Waals surface area contributed by atoms with E-state index in [1.165, 1.54) is 29.2 Å². The molecule has 1 heterocycles. The molecule has 1 amide bonds. The summed E-state index contributed by atoms with van der Waals surface area (Å²) in [7, 11) is -3.84. The van der Waals surface area contributed by atoms with Crippen molar-refractivity contribution >= 4 is 44.5 Å². The number of hydrogen-bond acceptors (Lipinski definition) is 4. The third-order valence-electron chi connectivity index (χ3n) is 2.75. The van der Waals surface area contributed by atoms with Crippen molar-refractivity contribution in [1.82, 2.24) is 4.90 Å². The molecule has 1 fully saturated rings. The Kier molecular flexibility index (Phi) is 4.41. The van der Waals surface area contributed by atoms with Crippen LogP contribution in [-0.2, 0) is 14.8 Å². The van der Waals surface area contributed by atoms with Crippen LogP contribution in [0.1, 0.15) is 13.8 Å². The number of amidine groups is 1. The number of nitrogens with zero attached hydrogens (tertiary/aromatic N) is 2. The van der Waals surface area contributed by atoms with Crippen LogP contribution in [0.25, 0.3) is 0 Å². The van der Waals surface area contributed by atoms with Gasteiger partial charge in [-0.05, 0) is 38.1 Å². The SMILES string of the molecule is CCN1C(=O)[C@H](C)SC1=NS(=O)(=O)c1ccc(Cl)cc1. The number of carbonyl (C=O) groups is 1. The molecule has 1 aromatic carbocycles. The Labute approximate surface area is 127 Å². The van der Waals surface area contributed by atoms with E-state index in [2.05, 4.69) is 4.40 Å². The standard InChI is InChI=1S/C12H13ClN2O3S2/c1-3-15-11(16)8(2)19-12(15)14-20(17,18)10-6-4-9(13)5-7-10/h4-8H,3H2,1-2H3/t8-/m0/s1. The van der Waals surface area contributed by atoms with E-state index in [-0.39, 0.29) is 21.2 Å². The maximum absolute atomic E-state index is 12.2. The predicted octanol–water partition coefficient (Wildman–Crippen LogP) is 2.37. The van der Waals surface area contributed by atoms with Gasteiger partial charge >= 0.3 is 0 Å². The lowest BCUT2D eigenvalue weighted by molar-refractivity contribution is -0.125. The fourth-order valence-corrected chi connectivity index (χ4v) is 4.08. The lowest BCUT2D eigenvalue weighted by atomic mass is 10.4. The molecule has 1 aliphatic rings. The van der Waals surface area contributed by atoms with Crippen molar-refractivity contribution < 1.29 is 13.2 Å². The van der Waals surface area contributed by atoms with Crippen LogP contribution >= 0.6 is 23.4 Å². The summed E-state index contributed by atoms with van der Waals surface area (Å²) >= 11 is 6.88. The quantitative estimate of drug-likeness (QED) is 0.852. The molecular formula is C12H13ClN2O3S2. The fourth-order valence-electron chi connectivity index (χ4n) is 1.71. The molecule has 8 heteroatoms. The first-order valence-electron chi connectivity index (χ1n) is 5.93. The van der Waals surface area contributed by atoms with E-state index in [1.807, 2.05) is 0 Å². The highest BCUT2D eigenvalue weighted by Crippen LogP contribution is 2.28. The summed E-state index contributed by atoms with van der Waals surface area (Å²) in [6, 6.07) is 5.76. The van der Waals surface area contributed by atoms with E-state index in [9.17, 15) is 13.2 Å². The first-order chi connectivity index (χ1) is 9.35. The van der Waals surface area contributed by atoms with Crippen LogP contribution in [-0.4, -0.2) is 36.2 Å². The second-order valence-electron chi connectivity index (χ2n) is 4.15. The molecule has 0 radical (unpaired) electrons. The molecule has 0 aromatic heterocycles. The van der Waals surface area contributed by atoms with Gasteiger partial charge in [-0.3, -0.25) is 9.69 Å². The zero-order valence-corrected chi connectivity index (χ0v) is 13.3. The zero-order valence-electron chi connectivity index (χ0n) is 10.9. The largest absolute Gasteiger partial charge is 0.290 e. The summed E-state index contributed by atoms with van der Waals surface area (Å²) in [4.78, 5) is 13.3. The van der Waals surface area contributed by atoms with Crippen molar-refractivity contribution in [3.05, 3.63) is 29.3 Å². The number of hydrogen-bond donors (Lipinski definition) is 0. The minimum Gasteiger partial charge on any atom is -0.290 e. The molecule has 1 saturated heterocycles. The van der Waals surface area contributed by atoms with Crippen LogP contribution < -0.4 is 0 Å². The summed E-state index contributed by atoms with van der Waals surface area (Å²) in [6.07, 6.45) is 0. The Balaban J connectivity index is 2.38. The third-order valence-corrected chi connectivity index (χ3v) is 5.48. The van der Waals surface area contributed by atoms with Crippen molar-refractivity contribution in [1.29, 1.82) is 0 Å². The van der Waals surface area contributed by atoms with Gasteiger partial charge in [-0.25, -0.2) is 0 Å². The second kappa shape index (κ2) is 5.75. The number of thioether (sulfide) groups is 1. The summed E-state index contributed by atoms with van der Waals surface area (Å²) < 4.78 is 28.2. The summed E-state index contributed by atoms with van der Waals surface area (Å²) in [6.45, 7) is 3.90. The van der Waals surface area contributed by atoms with Crippen LogP contribution in [0.15, 0.2) is 33.6 Å². The van der Waals surface area contributed by atoms with Crippen LogP contribution in [0, 0.1) is 0 Å². The monoisotopic (exact) mass is 332 g/mol. The summed E-state index contributed by atoms with van der Waals surface area (Å²) in [5.74, 6) is -0.123. The van der Waals surface area contributed by atoms with E-state index in [1.54, 1.807) is 13.8 Å². The van der Waals surface area contributed by atoms with Crippen molar-refractivity contribution in [2.75, 3.05) is 6.54 Å². The molecule has 0 bridgehead atoms. The van der Waals surface area contributed by atoms with Crippen LogP contribution in [0.3, 0.4) is 0 Å². The van der Waals surface area contributed by atoms with Crippen LogP contribution in [0.4, 0.5) is 0 Å². The normalized spacial score (nSPS) is 21.8. The molecule has 0 saturated carbocycles. The van der Waals surface area contributed by atoms with Gasteiger partial charge in [-0.2, -0.15) is 8.42 Å². The molecule has 1 aromatic rings.